The van der Waals surface area contributed by atoms with E-state index in [4.69, 9.17) is 4.74 Å². The number of pyridine rings is 1. The van der Waals surface area contributed by atoms with Crippen molar-refractivity contribution in [1.82, 2.24) is 20.3 Å². The molecule has 3 N–H and O–H groups in total. The molecule has 0 fully saturated rings. The number of hydrogen-bond donors (Lipinski definition) is 3. The van der Waals surface area contributed by atoms with E-state index in [-0.39, 0.29) is 12.1 Å². The van der Waals surface area contributed by atoms with Crippen LogP contribution < -0.4 is 20.7 Å². The van der Waals surface area contributed by atoms with Crippen LogP contribution in [0.1, 0.15) is 20.8 Å². The molecule has 0 spiro atoms. The van der Waals surface area contributed by atoms with Gasteiger partial charge in [0.1, 0.15) is 17.1 Å². The molecule has 0 bridgehead atoms. The Morgan fingerprint density at radius 2 is 1.81 bits per heavy atom. The molecule has 3 rings (SSSR count). The zero-order chi connectivity index (χ0) is 19.2. The summed E-state index contributed by atoms with van der Waals surface area (Å²) in [6.07, 6.45) is 1.77. The quantitative estimate of drug-likeness (QED) is 0.615. The van der Waals surface area contributed by atoms with E-state index in [1.807, 2.05) is 45.0 Å². The third-order valence-electron chi connectivity index (χ3n) is 3.48. The SMILES string of the molecule is CCNC(=O)Nc1ccc2ncc(Nc3ccc(OC(C)C)cc3)nc2n1. The zero-order valence-electron chi connectivity index (χ0n) is 15.5. The number of amides is 2. The van der Waals surface area contributed by atoms with Gasteiger partial charge in [-0.2, -0.15) is 0 Å². The average molecular weight is 366 g/mol. The van der Waals surface area contributed by atoms with Gasteiger partial charge >= 0.3 is 6.03 Å². The van der Waals surface area contributed by atoms with E-state index in [2.05, 4.69) is 30.9 Å². The van der Waals surface area contributed by atoms with Crippen molar-refractivity contribution in [3.8, 4) is 5.75 Å². The molecule has 2 heterocycles. The Bertz CT molecular complexity index is 927. The molecular weight excluding hydrogens is 344 g/mol. The highest BCUT2D eigenvalue weighted by Gasteiger charge is 2.06. The van der Waals surface area contributed by atoms with Crippen LogP contribution in [-0.2, 0) is 0 Å². The fourth-order valence-electron chi connectivity index (χ4n) is 2.39. The number of anilines is 3. The van der Waals surface area contributed by atoms with Gasteiger partial charge in [-0.3, -0.25) is 5.32 Å². The van der Waals surface area contributed by atoms with Gasteiger partial charge in [0.2, 0.25) is 0 Å². The zero-order valence-corrected chi connectivity index (χ0v) is 15.5. The molecule has 1 aromatic carbocycles. The van der Waals surface area contributed by atoms with Crippen molar-refractivity contribution in [2.75, 3.05) is 17.2 Å². The maximum absolute atomic E-state index is 11.6. The van der Waals surface area contributed by atoms with Gasteiger partial charge in [-0.1, -0.05) is 0 Å². The van der Waals surface area contributed by atoms with Gasteiger partial charge in [-0.05, 0) is 57.2 Å². The van der Waals surface area contributed by atoms with Gasteiger partial charge in [0, 0.05) is 12.2 Å². The molecule has 27 heavy (non-hydrogen) atoms. The van der Waals surface area contributed by atoms with E-state index in [0.29, 0.717) is 29.3 Å². The van der Waals surface area contributed by atoms with Crippen molar-refractivity contribution in [2.45, 2.75) is 26.9 Å². The van der Waals surface area contributed by atoms with Crippen LogP contribution in [0.15, 0.2) is 42.6 Å². The second-order valence-electron chi connectivity index (χ2n) is 6.09. The van der Waals surface area contributed by atoms with E-state index in [1.165, 1.54) is 0 Å². The molecule has 3 aromatic rings. The van der Waals surface area contributed by atoms with Crippen LogP contribution >= 0.6 is 0 Å². The molecular formula is C19H22N6O2. The molecule has 0 saturated heterocycles. The smallest absolute Gasteiger partial charge is 0.320 e. The minimum absolute atomic E-state index is 0.128. The predicted molar refractivity (Wildman–Crippen MR) is 106 cm³/mol. The van der Waals surface area contributed by atoms with Gasteiger partial charge < -0.3 is 15.4 Å². The molecule has 0 unspecified atom stereocenters. The fourth-order valence-corrected chi connectivity index (χ4v) is 2.39. The monoisotopic (exact) mass is 366 g/mol. The molecule has 140 valence electrons. The van der Waals surface area contributed by atoms with Crippen molar-refractivity contribution in [1.29, 1.82) is 0 Å². The number of aromatic nitrogens is 3. The highest BCUT2D eigenvalue weighted by atomic mass is 16.5. The van der Waals surface area contributed by atoms with Gasteiger partial charge in [0.15, 0.2) is 11.5 Å². The lowest BCUT2D eigenvalue weighted by Crippen LogP contribution is -2.28. The fraction of sp³-hybridized carbons (Fsp3) is 0.263. The first-order valence-corrected chi connectivity index (χ1v) is 8.76. The Balaban J connectivity index is 1.75. The molecule has 8 nitrogen and oxygen atoms in total. The van der Waals surface area contributed by atoms with E-state index in [1.54, 1.807) is 18.3 Å². The van der Waals surface area contributed by atoms with Crippen LogP contribution in [0.3, 0.4) is 0 Å². The van der Waals surface area contributed by atoms with E-state index < -0.39 is 0 Å². The number of hydrogen-bond acceptors (Lipinski definition) is 6. The first-order chi connectivity index (χ1) is 13.0. The Kier molecular flexibility index (Phi) is 5.65. The Hall–Kier alpha value is -3.42. The van der Waals surface area contributed by atoms with E-state index >= 15 is 0 Å². The Morgan fingerprint density at radius 1 is 1.07 bits per heavy atom. The molecule has 8 heteroatoms. The number of rotatable bonds is 6. The van der Waals surface area contributed by atoms with E-state index in [9.17, 15) is 4.79 Å². The number of nitrogens with one attached hydrogen (secondary N) is 3. The summed E-state index contributed by atoms with van der Waals surface area (Å²) in [5, 5.41) is 8.50. The highest BCUT2D eigenvalue weighted by Crippen LogP contribution is 2.21. The summed E-state index contributed by atoms with van der Waals surface area (Å²) in [6.45, 7) is 6.35. The van der Waals surface area contributed by atoms with E-state index in [0.717, 1.165) is 11.4 Å². The standard InChI is InChI=1S/C19H22N6O2/c1-4-20-19(26)25-16-10-9-15-18(23-16)24-17(11-21-15)22-13-5-7-14(8-6-13)27-12(2)3/h5-12H,4H2,1-3H3,(H3,20,22,23,24,25,26). The number of carbonyl (C=O) groups excluding carboxylic acids is 1. The second-order valence-corrected chi connectivity index (χ2v) is 6.09. The number of benzene rings is 1. The van der Waals surface area contributed by atoms with Crippen LogP contribution in [-0.4, -0.2) is 33.6 Å². The lowest BCUT2D eigenvalue weighted by Gasteiger charge is -2.11. The maximum atomic E-state index is 11.6. The second kappa shape index (κ2) is 8.31. The minimum atomic E-state index is -0.310. The van der Waals surface area contributed by atoms with Crippen LogP contribution in [0.25, 0.3) is 11.2 Å². The summed E-state index contributed by atoms with van der Waals surface area (Å²) in [4.78, 5) is 24.8. The molecule has 2 aromatic heterocycles. The van der Waals surface area contributed by atoms with Gasteiger partial charge in [0.05, 0.1) is 12.3 Å². The highest BCUT2D eigenvalue weighted by molar-refractivity contribution is 5.89. The first-order valence-electron chi connectivity index (χ1n) is 8.76. The summed E-state index contributed by atoms with van der Waals surface area (Å²) in [6, 6.07) is 10.7. The summed E-state index contributed by atoms with van der Waals surface area (Å²) >= 11 is 0. The number of carbonyl (C=O) groups is 1. The molecule has 0 atom stereocenters. The Morgan fingerprint density at radius 3 is 2.52 bits per heavy atom. The topological polar surface area (TPSA) is 101 Å². The number of ether oxygens (including phenoxy) is 1. The van der Waals surface area contributed by atoms with Gasteiger partial charge in [-0.15, -0.1) is 0 Å². The number of fused-ring (bicyclic) bond motifs is 1. The number of nitrogens with zero attached hydrogens (tertiary/aromatic N) is 3. The Labute approximate surface area is 157 Å². The van der Waals surface area contributed by atoms with Gasteiger partial charge in [0.25, 0.3) is 0 Å². The number of urea groups is 1. The van der Waals surface area contributed by atoms with Crippen LogP contribution in [0.2, 0.25) is 0 Å². The van der Waals surface area contributed by atoms with Crippen molar-refractivity contribution in [3.05, 3.63) is 42.6 Å². The van der Waals surface area contributed by atoms with Crippen molar-refractivity contribution >= 4 is 34.5 Å². The van der Waals surface area contributed by atoms with Crippen molar-refractivity contribution in [2.24, 2.45) is 0 Å². The first kappa shape index (κ1) is 18.4. The van der Waals surface area contributed by atoms with Crippen molar-refractivity contribution < 1.29 is 9.53 Å². The summed E-state index contributed by atoms with van der Waals surface area (Å²) in [5.41, 5.74) is 1.94. The molecule has 0 radical (unpaired) electrons. The van der Waals surface area contributed by atoms with Crippen LogP contribution in [0.5, 0.6) is 5.75 Å². The maximum Gasteiger partial charge on any atom is 0.320 e. The lowest BCUT2D eigenvalue weighted by molar-refractivity contribution is 0.242. The molecule has 2 amide bonds. The molecule has 0 aliphatic carbocycles. The molecule has 0 aliphatic heterocycles. The third-order valence-corrected chi connectivity index (χ3v) is 3.48. The summed E-state index contributed by atoms with van der Waals surface area (Å²) < 4.78 is 5.63. The van der Waals surface area contributed by atoms with Crippen LogP contribution in [0, 0.1) is 0 Å². The third kappa shape index (κ3) is 5.04. The minimum Gasteiger partial charge on any atom is -0.491 e. The lowest BCUT2D eigenvalue weighted by atomic mass is 10.3. The predicted octanol–water partition coefficient (Wildman–Crippen LogP) is 3.70. The molecule has 0 aliphatic rings. The summed E-state index contributed by atoms with van der Waals surface area (Å²) in [5.74, 6) is 1.78. The summed E-state index contributed by atoms with van der Waals surface area (Å²) in [7, 11) is 0. The normalized spacial score (nSPS) is 10.7. The van der Waals surface area contributed by atoms with Crippen molar-refractivity contribution in [3.63, 3.8) is 0 Å². The van der Waals surface area contributed by atoms with Gasteiger partial charge in [-0.25, -0.2) is 19.7 Å². The largest absolute Gasteiger partial charge is 0.491 e. The molecule has 0 saturated carbocycles. The average Bonchev–Trinajstić information content (AvgIpc) is 2.63. The van der Waals surface area contributed by atoms with Crippen LogP contribution in [0.4, 0.5) is 22.1 Å².